The Bertz CT molecular complexity index is 875. The lowest BCUT2D eigenvalue weighted by molar-refractivity contribution is -0.117. The molecule has 128 valence electrons. The average molecular weight is 354 g/mol. The van der Waals surface area contributed by atoms with Crippen molar-refractivity contribution in [3.63, 3.8) is 0 Å². The molecule has 0 atom stereocenters. The van der Waals surface area contributed by atoms with Crippen LogP contribution in [0.25, 0.3) is 11.1 Å². The standard InChI is InChI=1S/C20H19FN2OS/c1-14-9-10-17(25-14)13-22-16-6-4-5-15(11-16)18-7-2-3-8-19(18)23-20(24)12-21/h2-11,22H,12-13H2,1H3,(H,23,24). The van der Waals surface area contributed by atoms with Crippen molar-refractivity contribution in [3.05, 3.63) is 70.4 Å². The van der Waals surface area contributed by atoms with Crippen molar-refractivity contribution in [2.45, 2.75) is 13.5 Å². The molecule has 0 aliphatic rings. The van der Waals surface area contributed by atoms with Crippen LogP contribution < -0.4 is 10.6 Å². The number of rotatable bonds is 6. The van der Waals surface area contributed by atoms with E-state index in [-0.39, 0.29) is 0 Å². The highest BCUT2D eigenvalue weighted by molar-refractivity contribution is 7.11. The first-order chi connectivity index (χ1) is 12.2. The summed E-state index contributed by atoms with van der Waals surface area (Å²) in [6.07, 6.45) is 0. The van der Waals surface area contributed by atoms with E-state index in [2.05, 4.69) is 29.7 Å². The van der Waals surface area contributed by atoms with E-state index in [1.165, 1.54) is 9.75 Å². The molecular formula is C20H19FN2OS. The molecular weight excluding hydrogens is 335 g/mol. The van der Waals surface area contributed by atoms with Crippen molar-refractivity contribution >= 4 is 28.6 Å². The van der Waals surface area contributed by atoms with E-state index in [0.717, 1.165) is 23.4 Å². The van der Waals surface area contributed by atoms with Gasteiger partial charge >= 0.3 is 0 Å². The molecule has 1 heterocycles. The molecule has 1 amide bonds. The number of para-hydroxylation sites is 1. The molecule has 2 N–H and O–H groups in total. The quantitative estimate of drug-likeness (QED) is 0.635. The molecule has 0 spiro atoms. The minimum Gasteiger partial charge on any atom is -0.380 e. The number of anilines is 2. The molecule has 3 rings (SSSR count). The summed E-state index contributed by atoms with van der Waals surface area (Å²) < 4.78 is 12.5. The van der Waals surface area contributed by atoms with E-state index < -0.39 is 12.6 Å². The second kappa shape index (κ2) is 7.94. The highest BCUT2D eigenvalue weighted by Crippen LogP contribution is 2.30. The second-order valence-corrected chi connectivity index (χ2v) is 7.05. The molecule has 25 heavy (non-hydrogen) atoms. The fourth-order valence-corrected chi connectivity index (χ4v) is 3.42. The Morgan fingerprint density at radius 1 is 1.08 bits per heavy atom. The SMILES string of the molecule is Cc1ccc(CNc2cccc(-c3ccccc3NC(=O)CF)c2)s1. The monoisotopic (exact) mass is 354 g/mol. The van der Waals surface area contributed by atoms with Crippen LogP contribution in [-0.4, -0.2) is 12.6 Å². The third-order valence-electron chi connectivity index (χ3n) is 3.76. The largest absolute Gasteiger partial charge is 0.380 e. The molecule has 5 heteroatoms. The fraction of sp³-hybridized carbons (Fsp3) is 0.150. The van der Waals surface area contributed by atoms with Gasteiger partial charge in [-0.2, -0.15) is 0 Å². The number of benzene rings is 2. The van der Waals surface area contributed by atoms with E-state index in [1.54, 1.807) is 17.4 Å². The lowest BCUT2D eigenvalue weighted by Crippen LogP contribution is -2.13. The molecule has 0 unspecified atom stereocenters. The van der Waals surface area contributed by atoms with Crippen LogP contribution in [-0.2, 0) is 11.3 Å². The van der Waals surface area contributed by atoms with Gasteiger partial charge in [0.2, 0.25) is 0 Å². The molecule has 0 aliphatic carbocycles. The fourth-order valence-electron chi connectivity index (χ4n) is 2.59. The van der Waals surface area contributed by atoms with Crippen LogP contribution in [0.3, 0.4) is 0 Å². The zero-order chi connectivity index (χ0) is 17.6. The maximum atomic E-state index is 12.5. The predicted molar refractivity (Wildman–Crippen MR) is 103 cm³/mol. The van der Waals surface area contributed by atoms with Crippen LogP contribution in [0.15, 0.2) is 60.7 Å². The van der Waals surface area contributed by atoms with E-state index in [1.807, 2.05) is 42.5 Å². The van der Waals surface area contributed by atoms with Crippen LogP contribution in [0.1, 0.15) is 9.75 Å². The molecule has 2 aromatic carbocycles. The summed E-state index contributed by atoms with van der Waals surface area (Å²) >= 11 is 1.77. The van der Waals surface area contributed by atoms with Crippen molar-refractivity contribution < 1.29 is 9.18 Å². The number of thiophene rings is 1. The Morgan fingerprint density at radius 3 is 2.68 bits per heavy atom. The summed E-state index contributed by atoms with van der Waals surface area (Å²) in [4.78, 5) is 14.0. The number of alkyl halides is 1. The number of carbonyl (C=O) groups is 1. The lowest BCUT2D eigenvalue weighted by Gasteiger charge is -2.12. The van der Waals surface area contributed by atoms with E-state index in [9.17, 15) is 9.18 Å². The summed E-state index contributed by atoms with van der Waals surface area (Å²) in [6.45, 7) is 1.83. The van der Waals surface area contributed by atoms with E-state index >= 15 is 0 Å². The van der Waals surface area contributed by atoms with Crippen molar-refractivity contribution in [1.82, 2.24) is 0 Å². The maximum absolute atomic E-state index is 12.5. The Balaban J connectivity index is 1.80. The zero-order valence-corrected chi connectivity index (χ0v) is 14.7. The normalized spacial score (nSPS) is 10.5. The Morgan fingerprint density at radius 2 is 1.92 bits per heavy atom. The maximum Gasteiger partial charge on any atom is 0.255 e. The third kappa shape index (κ3) is 4.45. The minimum absolute atomic E-state index is 0.608. The first-order valence-corrected chi connectivity index (χ1v) is 8.82. The lowest BCUT2D eigenvalue weighted by atomic mass is 10.0. The molecule has 0 saturated carbocycles. The molecule has 1 aromatic heterocycles. The first kappa shape index (κ1) is 17.2. The van der Waals surface area contributed by atoms with Gasteiger partial charge in [-0.1, -0.05) is 30.3 Å². The summed E-state index contributed by atoms with van der Waals surface area (Å²) in [5.74, 6) is -0.644. The summed E-state index contributed by atoms with van der Waals surface area (Å²) in [6, 6.07) is 19.6. The number of aryl methyl sites for hydroxylation is 1. The predicted octanol–water partition coefficient (Wildman–Crippen LogP) is 5.24. The van der Waals surface area contributed by atoms with Crippen molar-refractivity contribution in [2.75, 3.05) is 17.3 Å². The number of hydrogen-bond acceptors (Lipinski definition) is 3. The molecule has 0 saturated heterocycles. The van der Waals surface area contributed by atoms with Crippen molar-refractivity contribution in [1.29, 1.82) is 0 Å². The first-order valence-electron chi connectivity index (χ1n) is 8.00. The third-order valence-corrected chi connectivity index (χ3v) is 4.76. The zero-order valence-electron chi connectivity index (χ0n) is 13.9. The van der Waals surface area contributed by atoms with Crippen molar-refractivity contribution in [2.24, 2.45) is 0 Å². The average Bonchev–Trinajstić information content (AvgIpc) is 3.06. The Labute approximate surface area is 150 Å². The minimum atomic E-state index is -1.03. The number of amides is 1. The number of hydrogen-bond donors (Lipinski definition) is 2. The second-order valence-electron chi connectivity index (χ2n) is 5.67. The smallest absolute Gasteiger partial charge is 0.255 e. The number of nitrogens with one attached hydrogen (secondary N) is 2. The molecule has 3 aromatic rings. The summed E-state index contributed by atoms with van der Waals surface area (Å²) in [5.41, 5.74) is 3.42. The van der Waals surface area contributed by atoms with Gasteiger partial charge in [0.25, 0.3) is 5.91 Å². The van der Waals surface area contributed by atoms with Crippen LogP contribution in [0.5, 0.6) is 0 Å². The van der Waals surface area contributed by atoms with Gasteiger partial charge in [-0.05, 0) is 42.8 Å². The van der Waals surface area contributed by atoms with Gasteiger partial charge in [-0.25, -0.2) is 4.39 Å². The van der Waals surface area contributed by atoms with Gasteiger partial charge in [0, 0.05) is 33.2 Å². The Kier molecular flexibility index (Phi) is 5.46. The van der Waals surface area contributed by atoms with Gasteiger partial charge in [-0.15, -0.1) is 11.3 Å². The highest BCUT2D eigenvalue weighted by Gasteiger charge is 2.08. The van der Waals surface area contributed by atoms with Gasteiger partial charge in [-0.3, -0.25) is 4.79 Å². The van der Waals surface area contributed by atoms with Gasteiger partial charge in [0.15, 0.2) is 6.67 Å². The Hall–Kier alpha value is -2.66. The number of carbonyl (C=O) groups excluding carboxylic acids is 1. The summed E-state index contributed by atoms with van der Waals surface area (Å²) in [5, 5.41) is 6.02. The topological polar surface area (TPSA) is 41.1 Å². The molecule has 0 fully saturated rings. The molecule has 3 nitrogen and oxygen atoms in total. The van der Waals surface area contributed by atoms with E-state index in [4.69, 9.17) is 0 Å². The van der Waals surface area contributed by atoms with Gasteiger partial charge in [0.05, 0.1) is 0 Å². The van der Waals surface area contributed by atoms with E-state index in [0.29, 0.717) is 5.69 Å². The van der Waals surface area contributed by atoms with Crippen LogP contribution in [0.2, 0.25) is 0 Å². The molecule has 0 bridgehead atoms. The van der Waals surface area contributed by atoms with Crippen molar-refractivity contribution in [3.8, 4) is 11.1 Å². The van der Waals surface area contributed by atoms with Crippen LogP contribution >= 0.6 is 11.3 Å². The highest BCUT2D eigenvalue weighted by atomic mass is 32.1. The molecule has 0 aliphatic heterocycles. The van der Waals surface area contributed by atoms with Crippen LogP contribution in [0.4, 0.5) is 15.8 Å². The summed E-state index contributed by atoms with van der Waals surface area (Å²) in [7, 11) is 0. The van der Waals surface area contributed by atoms with Gasteiger partial charge < -0.3 is 10.6 Å². The number of halogens is 1. The van der Waals surface area contributed by atoms with Gasteiger partial charge in [0.1, 0.15) is 0 Å². The molecule has 0 radical (unpaired) electrons. The van der Waals surface area contributed by atoms with Crippen LogP contribution in [0, 0.1) is 6.92 Å².